The van der Waals surface area contributed by atoms with Crippen molar-refractivity contribution in [2.24, 2.45) is 0 Å². The second-order valence-corrected chi connectivity index (χ2v) is 79.9. The zero-order chi connectivity index (χ0) is 56.7. The highest BCUT2D eigenvalue weighted by Gasteiger charge is 2.45. The van der Waals surface area contributed by atoms with Crippen molar-refractivity contribution in [3.05, 3.63) is 0 Å². The summed E-state index contributed by atoms with van der Waals surface area (Å²) in [5, 5.41) is 22.7. The van der Waals surface area contributed by atoms with Crippen LogP contribution in [0.2, 0.25) is 207 Å². The van der Waals surface area contributed by atoms with Gasteiger partial charge in [0.2, 0.25) is 0 Å². The molecule has 0 saturated heterocycles. The molecule has 72 heavy (non-hydrogen) atoms. The van der Waals surface area contributed by atoms with Crippen molar-refractivity contribution in [1.29, 1.82) is 0 Å². The van der Waals surface area contributed by atoms with Crippen LogP contribution in [0, 0.1) is 0 Å². The molecule has 26 heteroatoms. The highest BCUT2D eigenvalue weighted by Crippen LogP contribution is 2.31. The Bertz CT molecular complexity index is 1330. The lowest BCUT2D eigenvalue weighted by atomic mass is 10.0. The van der Waals surface area contributed by atoms with E-state index in [4.69, 9.17) is 51.9 Å². The molecule has 0 aromatic carbocycles. The van der Waals surface area contributed by atoms with Gasteiger partial charge in [0.25, 0.3) is 0 Å². The largest absolute Gasteiger partial charge is 0.437 e. The van der Waals surface area contributed by atoms with Gasteiger partial charge in [-0.2, -0.15) is 0 Å². The quantitative estimate of drug-likeness (QED) is 0.0441. The zero-order valence-corrected chi connectivity index (χ0v) is 64.0. The Kier molecular flexibility index (Phi) is 31.1. The lowest BCUT2D eigenvalue weighted by molar-refractivity contribution is -0.191. The normalized spacial score (nSPS) is 16.6. The molecule has 0 aliphatic carbocycles. The molecule has 14 nitrogen and oxygen atoms in total. The molecule has 0 spiro atoms. The predicted octanol–water partition coefficient (Wildman–Crippen LogP) is 13.2. The number of rotatable bonds is 41. The minimum atomic E-state index is -2.58. The van der Waals surface area contributed by atoms with Gasteiger partial charge in [-0.1, -0.05) is 0 Å². The second-order valence-electron chi connectivity index (χ2n) is 28.5. The van der Waals surface area contributed by atoms with Crippen molar-refractivity contribution in [1.82, 2.24) is 0 Å². The first-order chi connectivity index (χ1) is 31.9. The van der Waals surface area contributed by atoms with Gasteiger partial charge >= 0.3 is 34.2 Å². The zero-order valence-electron chi connectivity index (χ0n) is 52.0. The lowest BCUT2D eigenvalue weighted by Crippen LogP contribution is -2.54. The van der Waals surface area contributed by atoms with Crippen LogP contribution in [0.1, 0.15) is 25.7 Å². The van der Waals surface area contributed by atoms with Gasteiger partial charge < -0.3 is 62.1 Å². The third-order valence-corrected chi connectivity index (χ3v) is 48.4. The van der Waals surface area contributed by atoms with Crippen LogP contribution in [0.25, 0.3) is 0 Å². The fraction of sp³-hybridized carbons (Fsp3) is 1.00. The van der Waals surface area contributed by atoms with E-state index in [2.05, 4.69) is 183 Å². The molecule has 0 saturated carbocycles. The molecule has 2 N–H and O–H groups in total. The first kappa shape index (κ1) is 74.0. The monoisotopic (exact) mass is 1230 g/mol. The Morgan fingerprint density at radius 2 is 0.403 bits per heavy atom. The van der Waals surface area contributed by atoms with Crippen LogP contribution < -0.4 is 0 Å². The van der Waals surface area contributed by atoms with E-state index >= 15 is 0 Å². The maximum absolute atomic E-state index is 11.3. The van der Waals surface area contributed by atoms with E-state index in [1.807, 2.05) is 0 Å². The number of aliphatic hydroxyl groups excluding tert-OH is 2. The van der Waals surface area contributed by atoms with Crippen molar-refractivity contribution < 1.29 is 62.1 Å². The standard InChI is InChI=1S/C46H118O14Si12/c1-61(2,3)53-69(25,54-62(4,5)6)37-29-33-49-43(41-47)45(51-35-31-39-71(27,57-65(13,14)15)58-66(16,17)18)46(52-36-32-40-72(28,59-67(19,20)21)60-68(22,23)24)44(42-48)50-34-30-38-70(26,55-63(7,8)9)56-64(10,11)12/h43-48H,29-42H2,1-28H3. The van der Waals surface area contributed by atoms with E-state index in [1.165, 1.54) is 0 Å². The van der Waals surface area contributed by atoms with Crippen LogP contribution in [0.4, 0.5) is 0 Å². The summed E-state index contributed by atoms with van der Waals surface area (Å²) in [7, 11) is -25.7. The van der Waals surface area contributed by atoms with Gasteiger partial charge in [0.1, 0.15) is 24.4 Å². The summed E-state index contributed by atoms with van der Waals surface area (Å²) >= 11 is 0. The van der Waals surface area contributed by atoms with Gasteiger partial charge in [-0.25, -0.2) is 0 Å². The van der Waals surface area contributed by atoms with Crippen LogP contribution in [0.3, 0.4) is 0 Å². The molecule has 0 aromatic rings. The topological polar surface area (TPSA) is 151 Å². The molecule has 434 valence electrons. The maximum atomic E-state index is 11.3. The van der Waals surface area contributed by atoms with Crippen LogP contribution >= 0.6 is 0 Å². The average molecular weight is 1230 g/mol. The number of hydrogen-bond acceptors (Lipinski definition) is 14. The summed E-state index contributed by atoms with van der Waals surface area (Å²) in [5.41, 5.74) is 0. The van der Waals surface area contributed by atoms with Gasteiger partial charge in [0, 0.05) is 26.4 Å². The summed E-state index contributed by atoms with van der Waals surface area (Å²) in [5.74, 6) is 0. The predicted molar refractivity (Wildman–Crippen MR) is 333 cm³/mol. The number of hydrogen-bond donors (Lipinski definition) is 2. The Morgan fingerprint density at radius 3 is 0.542 bits per heavy atom. The Balaban J connectivity index is 7.31. The number of ether oxygens (including phenoxy) is 4. The molecule has 4 atom stereocenters. The minimum Gasteiger partial charge on any atom is -0.437 e. The van der Waals surface area contributed by atoms with Crippen LogP contribution in [0.5, 0.6) is 0 Å². The first-order valence-electron chi connectivity index (χ1n) is 27.2. The molecular weight excluding hydrogens is 1110 g/mol. The van der Waals surface area contributed by atoms with Gasteiger partial charge in [-0.3, -0.25) is 0 Å². The van der Waals surface area contributed by atoms with Crippen molar-refractivity contribution in [3.63, 3.8) is 0 Å². The molecule has 0 radical (unpaired) electrons. The van der Waals surface area contributed by atoms with E-state index in [9.17, 15) is 10.2 Å². The van der Waals surface area contributed by atoms with E-state index in [-0.39, 0.29) is 13.2 Å². The molecule has 0 aliphatic rings. The summed E-state index contributed by atoms with van der Waals surface area (Å²) in [4.78, 5) is 0. The van der Waals surface area contributed by atoms with Crippen molar-refractivity contribution in [2.75, 3.05) is 39.6 Å². The molecular formula is C46H118O14Si12. The smallest absolute Gasteiger partial charge is 0.314 e. The molecule has 0 bridgehead atoms. The Hall–Kier alpha value is 2.04. The highest BCUT2D eigenvalue weighted by molar-refractivity contribution is 6.90. The van der Waals surface area contributed by atoms with Gasteiger partial charge in [0.15, 0.2) is 66.5 Å². The number of aliphatic hydroxyl groups is 2. The molecule has 4 unspecified atom stereocenters. The molecule has 0 rings (SSSR count). The maximum Gasteiger partial charge on any atom is 0.314 e. The molecule has 0 aromatic heterocycles. The van der Waals surface area contributed by atoms with Crippen molar-refractivity contribution in [2.45, 2.75) is 258 Å². The third-order valence-electron chi connectivity index (χ3n) is 9.98. The van der Waals surface area contributed by atoms with E-state index in [0.29, 0.717) is 52.1 Å². The highest BCUT2D eigenvalue weighted by atomic mass is 28.5. The SMILES string of the molecule is C[Si](C)(C)O[Si](C)(CCCOC(CO)C(OCCC[Si](C)(O[Si](C)(C)C)O[Si](C)(C)C)C(OCCC[Si](C)(O[Si](C)(C)C)O[Si](C)(C)C)C(CO)OCCC[Si](C)(O[Si](C)(C)C)O[Si](C)(C)C)O[Si](C)(C)C. The fourth-order valence-electron chi connectivity index (χ4n) is 9.48. The summed E-state index contributed by atoms with van der Waals surface area (Å²) < 4.78 is 82.2. The first-order valence-corrected chi connectivity index (χ1v) is 64.6. The van der Waals surface area contributed by atoms with Crippen LogP contribution in [-0.2, 0) is 51.9 Å². The fourth-order valence-corrected chi connectivity index (χ4v) is 59.5. The van der Waals surface area contributed by atoms with E-state index in [0.717, 1.165) is 24.2 Å². The summed E-state index contributed by atoms with van der Waals surface area (Å²) in [6.45, 7) is 62.8. The molecule has 0 amide bonds. The van der Waals surface area contributed by atoms with E-state index < -0.39 is 125 Å². The van der Waals surface area contributed by atoms with Gasteiger partial charge in [-0.15, -0.1) is 0 Å². The summed E-state index contributed by atoms with van der Waals surface area (Å²) in [6.07, 6.45) is -0.407. The second kappa shape index (κ2) is 30.2. The van der Waals surface area contributed by atoms with Gasteiger partial charge in [-0.05, 0) is 233 Å². The summed E-state index contributed by atoms with van der Waals surface area (Å²) in [6, 6.07) is 3.02. The Labute approximate surface area is 457 Å². The minimum absolute atomic E-state index is 0.316. The molecule has 0 heterocycles. The van der Waals surface area contributed by atoms with Crippen LogP contribution in [0.15, 0.2) is 0 Å². The third kappa shape index (κ3) is 37.8. The van der Waals surface area contributed by atoms with Crippen LogP contribution in [-0.4, -0.2) is 175 Å². The van der Waals surface area contributed by atoms with E-state index in [1.54, 1.807) is 0 Å². The lowest BCUT2D eigenvalue weighted by Gasteiger charge is -2.40. The van der Waals surface area contributed by atoms with Crippen molar-refractivity contribution >= 4 is 101 Å². The Morgan fingerprint density at radius 1 is 0.250 bits per heavy atom. The van der Waals surface area contributed by atoms with Gasteiger partial charge in [0.05, 0.1) is 13.2 Å². The molecule has 0 fully saturated rings. The molecule has 0 aliphatic heterocycles. The van der Waals surface area contributed by atoms with Crippen molar-refractivity contribution in [3.8, 4) is 0 Å². The average Bonchev–Trinajstić information content (AvgIpc) is 3.06.